The lowest BCUT2D eigenvalue weighted by molar-refractivity contribution is -0.119. The van der Waals surface area contributed by atoms with E-state index in [1.165, 1.54) is 6.07 Å². The SMILES string of the molecule is CC(C)CC1(Cc2cccc(F)c2F)CCC(=O)N1. The molecule has 0 saturated carbocycles. The predicted octanol–water partition coefficient (Wildman–Crippen LogP) is 3.20. The summed E-state index contributed by atoms with van der Waals surface area (Å²) in [5.41, 5.74) is -0.0947. The molecule has 0 bridgehead atoms. The number of amides is 1. The van der Waals surface area contributed by atoms with Crippen molar-refractivity contribution in [1.82, 2.24) is 5.32 Å². The molecule has 1 atom stereocenters. The molecule has 4 heteroatoms. The first-order chi connectivity index (χ1) is 8.92. The minimum atomic E-state index is -0.832. The molecule has 1 saturated heterocycles. The first-order valence-corrected chi connectivity index (χ1v) is 6.66. The molecule has 0 aromatic heterocycles. The van der Waals surface area contributed by atoms with Crippen LogP contribution < -0.4 is 5.32 Å². The molecule has 1 fully saturated rings. The van der Waals surface area contributed by atoms with Crippen molar-refractivity contribution in [2.24, 2.45) is 5.92 Å². The number of carbonyl (C=O) groups is 1. The lowest BCUT2D eigenvalue weighted by Gasteiger charge is -2.31. The van der Waals surface area contributed by atoms with Gasteiger partial charge in [-0.05, 0) is 36.8 Å². The van der Waals surface area contributed by atoms with E-state index in [1.54, 1.807) is 6.07 Å². The van der Waals surface area contributed by atoms with Gasteiger partial charge in [0.1, 0.15) is 0 Å². The summed E-state index contributed by atoms with van der Waals surface area (Å²) in [6, 6.07) is 4.21. The Labute approximate surface area is 112 Å². The molecule has 0 radical (unpaired) electrons. The van der Waals surface area contributed by atoms with Crippen molar-refractivity contribution in [3.8, 4) is 0 Å². The molecular formula is C15H19F2NO. The van der Waals surface area contributed by atoms with Crippen LogP contribution in [0.15, 0.2) is 18.2 Å². The van der Waals surface area contributed by atoms with E-state index in [4.69, 9.17) is 0 Å². The zero-order valence-electron chi connectivity index (χ0n) is 11.3. The highest BCUT2D eigenvalue weighted by Gasteiger charge is 2.38. The van der Waals surface area contributed by atoms with Gasteiger partial charge < -0.3 is 5.32 Å². The van der Waals surface area contributed by atoms with E-state index >= 15 is 0 Å². The van der Waals surface area contributed by atoms with Gasteiger partial charge in [0, 0.05) is 12.0 Å². The quantitative estimate of drug-likeness (QED) is 0.891. The van der Waals surface area contributed by atoms with E-state index in [-0.39, 0.29) is 5.91 Å². The van der Waals surface area contributed by atoms with Gasteiger partial charge in [-0.3, -0.25) is 4.79 Å². The highest BCUT2D eigenvalue weighted by atomic mass is 19.2. The fourth-order valence-electron chi connectivity index (χ4n) is 2.96. The van der Waals surface area contributed by atoms with Crippen LogP contribution in [0.4, 0.5) is 8.78 Å². The van der Waals surface area contributed by atoms with Crippen LogP contribution in [-0.2, 0) is 11.2 Å². The van der Waals surface area contributed by atoms with Crippen LogP contribution in [0.25, 0.3) is 0 Å². The summed E-state index contributed by atoms with van der Waals surface area (Å²) in [7, 11) is 0. The standard InChI is InChI=1S/C15H19F2NO/c1-10(2)8-15(7-6-13(19)18-15)9-11-4-3-5-12(16)14(11)17/h3-5,10H,6-9H2,1-2H3,(H,18,19). The van der Waals surface area contributed by atoms with E-state index in [0.717, 1.165) is 12.5 Å². The van der Waals surface area contributed by atoms with Gasteiger partial charge in [-0.2, -0.15) is 0 Å². The number of hydrogen-bond acceptors (Lipinski definition) is 1. The number of rotatable bonds is 4. The number of nitrogens with one attached hydrogen (secondary N) is 1. The molecule has 0 aliphatic carbocycles. The number of benzene rings is 1. The van der Waals surface area contributed by atoms with Crippen molar-refractivity contribution in [3.63, 3.8) is 0 Å². The zero-order chi connectivity index (χ0) is 14.0. The minimum Gasteiger partial charge on any atom is -0.350 e. The van der Waals surface area contributed by atoms with E-state index in [9.17, 15) is 13.6 Å². The fraction of sp³-hybridized carbons (Fsp3) is 0.533. The van der Waals surface area contributed by atoms with Gasteiger partial charge in [0.25, 0.3) is 0 Å². The Morgan fingerprint density at radius 2 is 2.11 bits per heavy atom. The third kappa shape index (κ3) is 3.11. The monoisotopic (exact) mass is 267 g/mol. The maximum Gasteiger partial charge on any atom is 0.220 e. The first-order valence-electron chi connectivity index (χ1n) is 6.66. The molecular weight excluding hydrogens is 248 g/mol. The van der Waals surface area contributed by atoms with E-state index < -0.39 is 17.2 Å². The summed E-state index contributed by atoms with van der Waals surface area (Å²) in [6.45, 7) is 4.13. The third-order valence-electron chi connectivity index (χ3n) is 3.59. The van der Waals surface area contributed by atoms with Crippen LogP contribution in [0.2, 0.25) is 0 Å². The largest absolute Gasteiger partial charge is 0.350 e. The lowest BCUT2D eigenvalue weighted by atomic mass is 9.82. The van der Waals surface area contributed by atoms with Gasteiger partial charge in [-0.1, -0.05) is 26.0 Å². The van der Waals surface area contributed by atoms with Crippen molar-refractivity contribution in [2.45, 2.75) is 45.1 Å². The normalized spacial score (nSPS) is 22.9. The van der Waals surface area contributed by atoms with Crippen LogP contribution in [0, 0.1) is 17.6 Å². The van der Waals surface area contributed by atoms with Crippen molar-refractivity contribution in [3.05, 3.63) is 35.4 Å². The molecule has 2 nitrogen and oxygen atoms in total. The van der Waals surface area contributed by atoms with Crippen molar-refractivity contribution >= 4 is 5.91 Å². The fourth-order valence-corrected chi connectivity index (χ4v) is 2.96. The molecule has 2 rings (SSSR count). The first kappa shape index (κ1) is 14.0. The van der Waals surface area contributed by atoms with Gasteiger partial charge >= 0.3 is 0 Å². The van der Waals surface area contributed by atoms with Crippen molar-refractivity contribution in [2.75, 3.05) is 0 Å². The highest BCUT2D eigenvalue weighted by Crippen LogP contribution is 2.32. The molecule has 1 aromatic carbocycles. The summed E-state index contributed by atoms with van der Waals surface area (Å²) in [5, 5.41) is 2.97. The lowest BCUT2D eigenvalue weighted by Crippen LogP contribution is -2.44. The Morgan fingerprint density at radius 3 is 2.68 bits per heavy atom. The second kappa shape index (κ2) is 5.27. The Morgan fingerprint density at radius 1 is 1.37 bits per heavy atom. The minimum absolute atomic E-state index is 0.00235. The van der Waals surface area contributed by atoms with Gasteiger partial charge in [0.05, 0.1) is 0 Å². The van der Waals surface area contributed by atoms with Gasteiger partial charge in [0.2, 0.25) is 5.91 Å². The highest BCUT2D eigenvalue weighted by molar-refractivity contribution is 5.79. The molecule has 1 amide bonds. The Bertz CT molecular complexity index is 487. The molecule has 1 aromatic rings. The molecule has 19 heavy (non-hydrogen) atoms. The summed E-state index contributed by atoms with van der Waals surface area (Å²) < 4.78 is 27.0. The Kier molecular flexibility index (Phi) is 3.88. The second-order valence-electron chi connectivity index (χ2n) is 5.82. The second-order valence-corrected chi connectivity index (χ2v) is 5.82. The van der Waals surface area contributed by atoms with E-state index in [0.29, 0.717) is 30.7 Å². The molecule has 1 aliphatic heterocycles. The molecule has 1 heterocycles. The van der Waals surface area contributed by atoms with E-state index in [2.05, 4.69) is 19.2 Å². The Balaban J connectivity index is 2.26. The smallest absolute Gasteiger partial charge is 0.220 e. The van der Waals surface area contributed by atoms with Crippen LogP contribution in [-0.4, -0.2) is 11.4 Å². The number of hydrogen-bond donors (Lipinski definition) is 1. The van der Waals surface area contributed by atoms with Crippen LogP contribution >= 0.6 is 0 Å². The van der Waals surface area contributed by atoms with Crippen molar-refractivity contribution in [1.29, 1.82) is 0 Å². The van der Waals surface area contributed by atoms with Gasteiger partial charge in [0.15, 0.2) is 11.6 Å². The van der Waals surface area contributed by atoms with Crippen LogP contribution in [0.1, 0.15) is 38.7 Å². The topological polar surface area (TPSA) is 29.1 Å². The zero-order valence-corrected chi connectivity index (χ0v) is 11.3. The summed E-state index contributed by atoms with van der Waals surface area (Å²) in [5.74, 6) is -1.25. The number of carbonyl (C=O) groups excluding carboxylic acids is 1. The maximum absolute atomic E-state index is 13.8. The molecule has 0 spiro atoms. The molecule has 104 valence electrons. The van der Waals surface area contributed by atoms with Gasteiger partial charge in [-0.25, -0.2) is 8.78 Å². The maximum atomic E-state index is 13.8. The van der Waals surface area contributed by atoms with Crippen LogP contribution in [0.3, 0.4) is 0 Å². The molecule has 1 aliphatic rings. The average molecular weight is 267 g/mol. The van der Waals surface area contributed by atoms with Crippen molar-refractivity contribution < 1.29 is 13.6 Å². The Hall–Kier alpha value is -1.45. The average Bonchev–Trinajstić information content (AvgIpc) is 2.66. The van der Waals surface area contributed by atoms with Gasteiger partial charge in [-0.15, -0.1) is 0 Å². The van der Waals surface area contributed by atoms with Crippen LogP contribution in [0.5, 0.6) is 0 Å². The molecule has 1 unspecified atom stereocenters. The predicted molar refractivity (Wildman–Crippen MR) is 69.6 cm³/mol. The number of halogens is 2. The summed E-state index contributed by atoms with van der Waals surface area (Å²) in [4.78, 5) is 11.5. The van der Waals surface area contributed by atoms with E-state index in [1.807, 2.05) is 0 Å². The summed E-state index contributed by atoms with van der Waals surface area (Å²) >= 11 is 0. The summed E-state index contributed by atoms with van der Waals surface area (Å²) in [6.07, 6.45) is 2.26. The third-order valence-corrected chi connectivity index (χ3v) is 3.59. The molecule has 1 N–H and O–H groups in total.